The Bertz CT molecular complexity index is 532. The summed E-state index contributed by atoms with van der Waals surface area (Å²) in [7, 11) is -1.90. The van der Waals surface area contributed by atoms with Crippen LogP contribution in [0.25, 0.3) is 0 Å². The summed E-state index contributed by atoms with van der Waals surface area (Å²) in [5, 5.41) is -0.477. The van der Waals surface area contributed by atoms with Crippen LogP contribution in [0.3, 0.4) is 0 Å². The predicted octanol–water partition coefficient (Wildman–Crippen LogP) is 1.32. The molecule has 1 aromatic rings. The summed E-state index contributed by atoms with van der Waals surface area (Å²) in [5.74, 6) is -0.449. The second-order valence-electron chi connectivity index (χ2n) is 4.75. The normalized spacial score (nSPS) is 24.3. The molecule has 0 bridgehead atoms. The van der Waals surface area contributed by atoms with Gasteiger partial charge in [0.15, 0.2) is 0 Å². The summed E-state index contributed by atoms with van der Waals surface area (Å²) in [5.41, 5.74) is 0.798. The molecule has 1 N–H and O–H groups in total. The number of hydrogen-bond donors (Lipinski definition) is 1. The van der Waals surface area contributed by atoms with Gasteiger partial charge in [-0.15, -0.1) is 0 Å². The van der Waals surface area contributed by atoms with Crippen LogP contribution in [-0.2, 0) is 21.2 Å². The highest BCUT2D eigenvalue weighted by Gasteiger charge is 2.35. The topological polar surface area (TPSA) is 55.4 Å². The second kappa shape index (κ2) is 5.98. The van der Waals surface area contributed by atoms with Crippen LogP contribution >= 0.6 is 0 Å². The number of benzene rings is 1. The van der Waals surface area contributed by atoms with Gasteiger partial charge in [-0.25, -0.2) is 17.5 Å². The van der Waals surface area contributed by atoms with E-state index in [0.717, 1.165) is 5.56 Å². The maximum atomic E-state index is 13.2. The molecule has 0 saturated carbocycles. The van der Waals surface area contributed by atoms with E-state index >= 15 is 0 Å². The minimum atomic E-state index is -3.32. The third kappa shape index (κ3) is 3.52. The van der Waals surface area contributed by atoms with Gasteiger partial charge in [0.25, 0.3) is 0 Å². The summed E-state index contributed by atoms with van der Waals surface area (Å²) >= 11 is 0. The third-order valence-corrected chi connectivity index (χ3v) is 5.46. The first-order valence-corrected chi connectivity index (χ1v) is 7.82. The van der Waals surface area contributed by atoms with Crippen molar-refractivity contribution in [2.45, 2.75) is 18.1 Å². The third-order valence-electron chi connectivity index (χ3n) is 3.47. The van der Waals surface area contributed by atoms with Crippen molar-refractivity contribution in [3.63, 3.8) is 0 Å². The lowest BCUT2D eigenvalue weighted by Crippen LogP contribution is -2.43. The molecule has 2 rings (SSSR count). The van der Waals surface area contributed by atoms with Gasteiger partial charge in [-0.05, 0) is 37.6 Å². The zero-order valence-corrected chi connectivity index (χ0v) is 11.6. The average Bonchev–Trinajstić information content (AvgIpc) is 2.39. The zero-order chi connectivity index (χ0) is 13.9. The number of hydrogen-bond acceptors (Lipinski definition) is 3. The highest BCUT2D eigenvalue weighted by Crippen LogP contribution is 2.25. The van der Waals surface area contributed by atoms with Gasteiger partial charge < -0.3 is 4.74 Å². The fourth-order valence-corrected chi connectivity index (χ4v) is 3.88. The van der Waals surface area contributed by atoms with E-state index in [1.165, 1.54) is 19.2 Å². The molecular formula is C13H18FNO3S. The molecule has 1 fully saturated rings. The second-order valence-corrected chi connectivity index (χ2v) is 6.85. The number of rotatable bonds is 4. The molecule has 4 nitrogen and oxygen atoms in total. The van der Waals surface area contributed by atoms with Gasteiger partial charge in [-0.1, -0.05) is 12.1 Å². The molecule has 106 valence electrons. The first-order valence-electron chi connectivity index (χ1n) is 6.27. The Morgan fingerprint density at radius 3 is 2.95 bits per heavy atom. The zero-order valence-electron chi connectivity index (χ0n) is 10.8. The maximum absolute atomic E-state index is 13.2. The van der Waals surface area contributed by atoms with E-state index < -0.39 is 15.3 Å². The molecule has 0 spiro atoms. The van der Waals surface area contributed by atoms with E-state index in [4.69, 9.17) is 4.74 Å². The Labute approximate surface area is 113 Å². The highest BCUT2D eigenvalue weighted by molar-refractivity contribution is 7.90. The quantitative estimate of drug-likeness (QED) is 0.909. The van der Waals surface area contributed by atoms with Crippen molar-refractivity contribution >= 4 is 10.0 Å². The molecule has 0 aliphatic carbocycles. The number of ether oxygens (including phenoxy) is 1. The van der Waals surface area contributed by atoms with Crippen LogP contribution in [-0.4, -0.2) is 33.9 Å². The summed E-state index contributed by atoms with van der Waals surface area (Å²) in [6, 6.07) is 6.26. The Morgan fingerprint density at radius 2 is 2.26 bits per heavy atom. The largest absolute Gasteiger partial charge is 0.381 e. The number of halogens is 1. The molecule has 0 radical (unpaired) electrons. The van der Waals surface area contributed by atoms with Crippen LogP contribution in [0.5, 0.6) is 0 Å². The molecule has 1 aliphatic heterocycles. The lowest BCUT2D eigenvalue weighted by Gasteiger charge is -2.30. The molecule has 6 heteroatoms. The van der Waals surface area contributed by atoms with Crippen molar-refractivity contribution in [3.8, 4) is 0 Å². The SMILES string of the molecule is CNS(=O)(=O)[C@@H]1CCOC[C@H]1Cc1cccc(F)c1. The smallest absolute Gasteiger partial charge is 0.214 e. The molecule has 2 atom stereocenters. The molecule has 1 aliphatic rings. The van der Waals surface area contributed by atoms with Gasteiger partial charge in [-0.2, -0.15) is 0 Å². The summed E-state index contributed by atoms with van der Waals surface area (Å²) in [6.45, 7) is 0.841. The average molecular weight is 287 g/mol. The van der Waals surface area contributed by atoms with Crippen molar-refractivity contribution in [1.82, 2.24) is 4.72 Å². The van der Waals surface area contributed by atoms with Gasteiger partial charge in [0.2, 0.25) is 10.0 Å². The Kier molecular flexibility index (Phi) is 4.54. The van der Waals surface area contributed by atoms with E-state index in [2.05, 4.69) is 4.72 Å². The number of nitrogens with one attached hydrogen (secondary N) is 1. The summed E-state index contributed by atoms with van der Waals surface area (Å²) in [4.78, 5) is 0. The van der Waals surface area contributed by atoms with E-state index in [1.807, 2.05) is 0 Å². The minimum absolute atomic E-state index is 0.145. The minimum Gasteiger partial charge on any atom is -0.381 e. The Balaban J connectivity index is 2.17. The fourth-order valence-electron chi connectivity index (χ4n) is 2.49. The van der Waals surface area contributed by atoms with Gasteiger partial charge in [0, 0.05) is 12.5 Å². The van der Waals surface area contributed by atoms with Crippen LogP contribution in [0.2, 0.25) is 0 Å². The van der Waals surface area contributed by atoms with Gasteiger partial charge in [0.05, 0.1) is 11.9 Å². The predicted molar refractivity (Wildman–Crippen MR) is 70.8 cm³/mol. The van der Waals surface area contributed by atoms with Crippen LogP contribution in [0, 0.1) is 11.7 Å². The van der Waals surface area contributed by atoms with Crippen molar-refractivity contribution in [2.75, 3.05) is 20.3 Å². The Morgan fingerprint density at radius 1 is 1.47 bits per heavy atom. The van der Waals surface area contributed by atoms with E-state index in [0.29, 0.717) is 26.1 Å². The van der Waals surface area contributed by atoms with Crippen LogP contribution in [0.15, 0.2) is 24.3 Å². The molecular weight excluding hydrogens is 269 g/mol. The van der Waals surface area contributed by atoms with Crippen LogP contribution in [0.1, 0.15) is 12.0 Å². The van der Waals surface area contributed by atoms with Crippen molar-refractivity contribution in [2.24, 2.45) is 5.92 Å². The molecule has 0 aromatic heterocycles. The van der Waals surface area contributed by atoms with Crippen molar-refractivity contribution < 1.29 is 17.5 Å². The van der Waals surface area contributed by atoms with E-state index in [9.17, 15) is 12.8 Å². The highest BCUT2D eigenvalue weighted by atomic mass is 32.2. The Hall–Kier alpha value is -0.980. The van der Waals surface area contributed by atoms with Gasteiger partial charge >= 0.3 is 0 Å². The summed E-state index contributed by atoms with van der Waals surface area (Å²) in [6.07, 6.45) is 0.979. The van der Waals surface area contributed by atoms with E-state index in [1.54, 1.807) is 12.1 Å². The van der Waals surface area contributed by atoms with E-state index in [-0.39, 0.29) is 11.7 Å². The van der Waals surface area contributed by atoms with Gasteiger partial charge in [-0.3, -0.25) is 0 Å². The standard InChI is InChI=1S/C13H18FNO3S/c1-15-19(16,17)13-5-6-18-9-11(13)7-10-3-2-4-12(14)8-10/h2-4,8,11,13,15H,5-7,9H2,1H3/t11-,13-/m1/s1. The summed E-state index contributed by atoms with van der Waals surface area (Å²) < 4.78 is 44.9. The van der Waals surface area contributed by atoms with Crippen LogP contribution in [0.4, 0.5) is 4.39 Å². The monoisotopic (exact) mass is 287 g/mol. The first kappa shape index (κ1) is 14.4. The molecule has 0 amide bonds. The van der Waals surface area contributed by atoms with Crippen LogP contribution < -0.4 is 4.72 Å². The lowest BCUT2D eigenvalue weighted by molar-refractivity contribution is 0.0570. The maximum Gasteiger partial charge on any atom is 0.214 e. The fraction of sp³-hybridized carbons (Fsp3) is 0.538. The number of sulfonamides is 1. The molecule has 0 unspecified atom stereocenters. The van der Waals surface area contributed by atoms with Crippen molar-refractivity contribution in [3.05, 3.63) is 35.6 Å². The van der Waals surface area contributed by atoms with Crippen molar-refractivity contribution in [1.29, 1.82) is 0 Å². The lowest BCUT2D eigenvalue weighted by atomic mass is 9.93. The molecule has 1 aromatic carbocycles. The molecule has 1 saturated heterocycles. The first-order chi connectivity index (χ1) is 9.03. The molecule has 1 heterocycles. The molecule has 19 heavy (non-hydrogen) atoms. The van der Waals surface area contributed by atoms with Gasteiger partial charge in [0.1, 0.15) is 5.82 Å².